The van der Waals surface area contributed by atoms with Crippen LogP contribution >= 0.6 is 23.2 Å². The molecule has 1 N–H and O–H groups in total. The summed E-state index contributed by atoms with van der Waals surface area (Å²) in [5, 5.41) is 8.82. The molecule has 0 aliphatic heterocycles. The van der Waals surface area contributed by atoms with Crippen LogP contribution in [0, 0.1) is 0 Å². The molecule has 0 bridgehead atoms. The van der Waals surface area contributed by atoms with E-state index in [1.807, 2.05) is 12.3 Å². The predicted molar refractivity (Wildman–Crippen MR) is 91.6 cm³/mol. The van der Waals surface area contributed by atoms with Gasteiger partial charge in [-0.3, -0.25) is 9.48 Å². The minimum atomic E-state index is -0.446. The van der Waals surface area contributed by atoms with Crippen molar-refractivity contribution >= 4 is 35.3 Å². The summed E-state index contributed by atoms with van der Waals surface area (Å²) in [4.78, 5) is 12.0. The minimum absolute atomic E-state index is 0.170. The molecule has 0 aliphatic carbocycles. The molecule has 122 valence electrons. The summed E-state index contributed by atoms with van der Waals surface area (Å²) >= 11 is 11.7. The lowest BCUT2D eigenvalue weighted by Gasteiger charge is -1.99. The van der Waals surface area contributed by atoms with Gasteiger partial charge in [-0.05, 0) is 35.9 Å². The number of nitrogens with zero attached hydrogens (tertiary/aromatic N) is 3. The van der Waals surface area contributed by atoms with E-state index in [2.05, 4.69) is 15.6 Å². The zero-order chi connectivity index (χ0) is 16.9. The standard InChI is InChI=1S/C16H12Cl2N4O2/c17-13-4-2-11(8-14(13)18)9-19-21-16(23)15-5-3-12(24-15)10-22-7-1-6-20-22/h1-9H,10H2,(H,21,23)/b19-9+. The first-order valence-corrected chi connectivity index (χ1v) is 7.72. The minimum Gasteiger partial charge on any atom is -0.454 e. The number of aromatic nitrogens is 2. The highest BCUT2D eigenvalue weighted by atomic mass is 35.5. The van der Waals surface area contributed by atoms with Crippen molar-refractivity contribution in [3.8, 4) is 0 Å². The fourth-order valence-electron chi connectivity index (χ4n) is 1.95. The van der Waals surface area contributed by atoms with Crippen LogP contribution in [-0.4, -0.2) is 21.9 Å². The van der Waals surface area contributed by atoms with Gasteiger partial charge in [0.25, 0.3) is 0 Å². The molecule has 0 saturated heterocycles. The highest BCUT2D eigenvalue weighted by Gasteiger charge is 2.10. The fourth-order valence-corrected chi connectivity index (χ4v) is 2.26. The molecule has 6 nitrogen and oxygen atoms in total. The van der Waals surface area contributed by atoms with Crippen molar-refractivity contribution in [2.45, 2.75) is 6.54 Å². The van der Waals surface area contributed by atoms with E-state index in [0.29, 0.717) is 27.9 Å². The zero-order valence-corrected chi connectivity index (χ0v) is 13.8. The largest absolute Gasteiger partial charge is 0.454 e. The lowest BCUT2D eigenvalue weighted by Crippen LogP contribution is -2.16. The molecule has 0 spiro atoms. The Morgan fingerprint density at radius 1 is 1.29 bits per heavy atom. The number of furan rings is 1. The van der Waals surface area contributed by atoms with Gasteiger partial charge >= 0.3 is 5.91 Å². The van der Waals surface area contributed by atoms with E-state index in [1.54, 1.807) is 41.2 Å². The number of hydrogen-bond donors (Lipinski definition) is 1. The lowest BCUT2D eigenvalue weighted by atomic mass is 10.2. The SMILES string of the molecule is O=C(N/N=C/c1ccc(Cl)c(Cl)c1)c1ccc(Cn2cccn2)o1. The van der Waals surface area contributed by atoms with Gasteiger partial charge in [-0.2, -0.15) is 10.2 Å². The number of carbonyl (C=O) groups is 1. The van der Waals surface area contributed by atoms with E-state index in [0.717, 1.165) is 0 Å². The molecule has 2 heterocycles. The number of rotatable bonds is 5. The quantitative estimate of drug-likeness (QED) is 0.556. The maximum Gasteiger partial charge on any atom is 0.307 e. The van der Waals surface area contributed by atoms with Crippen molar-refractivity contribution in [1.82, 2.24) is 15.2 Å². The second kappa shape index (κ2) is 7.33. The van der Waals surface area contributed by atoms with Crippen molar-refractivity contribution in [2.75, 3.05) is 0 Å². The third-order valence-electron chi connectivity index (χ3n) is 3.09. The molecule has 0 aliphatic rings. The van der Waals surface area contributed by atoms with Crippen LogP contribution < -0.4 is 5.43 Å². The summed E-state index contributed by atoms with van der Waals surface area (Å²) in [7, 11) is 0. The molecule has 0 atom stereocenters. The summed E-state index contributed by atoms with van der Waals surface area (Å²) in [6.07, 6.45) is 4.95. The van der Waals surface area contributed by atoms with Crippen LogP contribution in [0.15, 0.2) is 58.3 Å². The van der Waals surface area contributed by atoms with E-state index in [4.69, 9.17) is 27.6 Å². The number of halogens is 2. The molecule has 8 heteroatoms. The molecule has 1 amide bonds. The number of nitrogens with one attached hydrogen (secondary N) is 1. The van der Waals surface area contributed by atoms with Gasteiger partial charge in [0.15, 0.2) is 5.76 Å². The van der Waals surface area contributed by atoms with Crippen LogP contribution in [-0.2, 0) is 6.54 Å². The van der Waals surface area contributed by atoms with Crippen molar-refractivity contribution in [2.24, 2.45) is 5.10 Å². The van der Waals surface area contributed by atoms with Crippen molar-refractivity contribution < 1.29 is 9.21 Å². The first-order chi connectivity index (χ1) is 11.6. The maximum absolute atomic E-state index is 12.0. The molecule has 0 radical (unpaired) electrons. The highest BCUT2D eigenvalue weighted by molar-refractivity contribution is 6.42. The Morgan fingerprint density at radius 2 is 2.17 bits per heavy atom. The molecule has 24 heavy (non-hydrogen) atoms. The van der Waals surface area contributed by atoms with Crippen molar-refractivity contribution in [3.05, 3.63) is 75.9 Å². The Morgan fingerprint density at radius 3 is 2.92 bits per heavy atom. The number of amides is 1. The van der Waals surface area contributed by atoms with Crippen LogP contribution in [0.25, 0.3) is 0 Å². The van der Waals surface area contributed by atoms with Gasteiger partial charge in [0, 0.05) is 12.4 Å². The van der Waals surface area contributed by atoms with Gasteiger partial charge in [0.1, 0.15) is 5.76 Å². The average Bonchev–Trinajstić information content (AvgIpc) is 3.23. The molecule has 0 unspecified atom stereocenters. The number of hydrogen-bond acceptors (Lipinski definition) is 4. The zero-order valence-electron chi connectivity index (χ0n) is 12.3. The summed E-state index contributed by atoms with van der Waals surface area (Å²) in [6, 6.07) is 10.2. The monoisotopic (exact) mass is 362 g/mol. The van der Waals surface area contributed by atoms with E-state index in [9.17, 15) is 4.79 Å². The van der Waals surface area contributed by atoms with E-state index < -0.39 is 5.91 Å². The molecule has 3 rings (SSSR count). The van der Waals surface area contributed by atoms with E-state index >= 15 is 0 Å². The highest BCUT2D eigenvalue weighted by Crippen LogP contribution is 2.21. The molecular weight excluding hydrogens is 351 g/mol. The Hall–Kier alpha value is -2.57. The summed E-state index contributed by atoms with van der Waals surface area (Å²) < 4.78 is 7.17. The molecule has 1 aromatic carbocycles. The van der Waals surface area contributed by atoms with Crippen molar-refractivity contribution in [3.63, 3.8) is 0 Å². The Balaban J connectivity index is 1.59. The first-order valence-electron chi connectivity index (χ1n) is 6.96. The second-order valence-corrected chi connectivity index (χ2v) is 5.66. The summed E-state index contributed by atoms with van der Waals surface area (Å²) in [5.41, 5.74) is 3.10. The number of hydrazone groups is 1. The van der Waals surface area contributed by atoms with Gasteiger partial charge in [-0.15, -0.1) is 0 Å². The normalized spacial score (nSPS) is 11.1. The van der Waals surface area contributed by atoms with Gasteiger partial charge in [0.2, 0.25) is 0 Å². The van der Waals surface area contributed by atoms with Gasteiger partial charge in [0.05, 0.1) is 22.8 Å². The third-order valence-corrected chi connectivity index (χ3v) is 3.82. The lowest BCUT2D eigenvalue weighted by molar-refractivity contribution is 0.0925. The first kappa shape index (κ1) is 16.3. The van der Waals surface area contributed by atoms with E-state index in [-0.39, 0.29) is 5.76 Å². The molecular formula is C16H12Cl2N4O2. The molecule has 0 saturated carbocycles. The van der Waals surface area contributed by atoms with Crippen LogP contribution in [0.5, 0.6) is 0 Å². The van der Waals surface area contributed by atoms with Gasteiger partial charge < -0.3 is 4.42 Å². The second-order valence-electron chi connectivity index (χ2n) is 4.84. The van der Waals surface area contributed by atoms with Crippen LogP contribution in [0.2, 0.25) is 10.0 Å². The van der Waals surface area contributed by atoms with Gasteiger partial charge in [-0.1, -0.05) is 29.3 Å². The molecule has 3 aromatic rings. The third kappa shape index (κ3) is 4.04. The maximum atomic E-state index is 12.0. The topological polar surface area (TPSA) is 72.4 Å². The van der Waals surface area contributed by atoms with Crippen LogP contribution in [0.1, 0.15) is 21.9 Å². The predicted octanol–water partition coefficient (Wildman–Crippen LogP) is 3.60. The van der Waals surface area contributed by atoms with Crippen molar-refractivity contribution in [1.29, 1.82) is 0 Å². The van der Waals surface area contributed by atoms with Crippen LogP contribution in [0.3, 0.4) is 0 Å². The average molecular weight is 363 g/mol. The van der Waals surface area contributed by atoms with Gasteiger partial charge in [-0.25, -0.2) is 5.43 Å². The molecule has 2 aromatic heterocycles. The number of carbonyl (C=O) groups excluding carboxylic acids is 1. The Kier molecular flexibility index (Phi) is 4.98. The van der Waals surface area contributed by atoms with Crippen LogP contribution in [0.4, 0.5) is 0 Å². The molecule has 0 fully saturated rings. The Bertz CT molecular complexity index is 872. The van der Waals surface area contributed by atoms with E-state index in [1.165, 1.54) is 6.21 Å². The summed E-state index contributed by atoms with van der Waals surface area (Å²) in [6.45, 7) is 0.451. The smallest absolute Gasteiger partial charge is 0.307 e. The Labute approximate surface area is 147 Å². The summed E-state index contributed by atoms with van der Waals surface area (Å²) in [5.74, 6) is 0.346. The fraction of sp³-hybridized carbons (Fsp3) is 0.0625. The number of benzene rings is 1.